The first-order chi connectivity index (χ1) is 4.91. The molecule has 61 valence electrons. The Labute approximate surface area is 65.0 Å². The van der Waals surface area contributed by atoms with Crippen LogP contribution in [0.2, 0.25) is 0 Å². The summed E-state index contributed by atoms with van der Waals surface area (Å²) in [6.07, 6.45) is 9.25. The lowest BCUT2D eigenvalue weighted by Crippen LogP contribution is -1.89. The fourth-order valence-corrected chi connectivity index (χ4v) is 1.04. The van der Waals surface area contributed by atoms with E-state index in [1.165, 1.54) is 38.5 Å². The van der Waals surface area contributed by atoms with E-state index in [1.807, 2.05) is 0 Å². The van der Waals surface area contributed by atoms with Crippen LogP contribution in [0.15, 0.2) is 0 Å². The predicted octanol–water partition coefficient (Wildman–Crippen LogP) is 2.86. The van der Waals surface area contributed by atoms with Crippen LogP contribution in [0.4, 0.5) is 0 Å². The normalized spacial score (nSPS) is 10.2. The lowest BCUT2D eigenvalue weighted by Gasteiger charge is -1.97. The number of nitrogens with two attached hydrogens (primary N) is 1. The molecular formula is C9H20N. The van der Waals surface area contributed by atoms with E-state index in [-0.39, 0.29) is 0 Å². The second kappa shape index (κ2) is 8.96. The molecule has 0 amide bonds. The smallest absolute Gasteiger partial charge is 0.0192 e. The molecule has 1 heteroatoms. The Morgan fingerprint density at radius 3 is 2.20 bits per heavy atom. The second-order valence-corrected chi connectivity index (χ2v) is 2.79. The van der Waals surface area contributed by atoms with Gasteiger partial charge in [-0.25, -0.2) is 0 Å². The van der Waals surface area contributed by atoms with E-state index in [9.17, 15) is 0 Å². The summed E-state index contributed by atoms with van der Waals surface area (Å²) < 4.78 is 0. The van der Waals surface area contributed by atoms with E-state index < -0.39 is 0 Å². The molecule has 0 aliphatic carbocycles. The molecule has 0 aromatic heterocycles. The van der Waals surface area contributed by atoms with Crippen molar-refractivity contribution in [3.63, 3.8) is 0 Å². The maximum atomic E-state index is 5.24. The van der Waals surface area contributed by atoms with Crippen LogP contribution in [0.5, 0.6) is 0 Å². The first-order valence-electron chi connectivity index (χ1n) is 4.45. The minimum Gasteiger partial charge on any atom is -0.326 e. The molecule has 0 saturated carbocycles. The second-order valence-electron chi connectivity index (χ2n) is 2.79. The Hall–Kier alpha value is -0.0400. The third kappa shape index (κ3) is 7.96. The van der Waals surface area contributed by atoms with E-state index in [4.69, 9.17) is 5.73 Å². The van der Waals surface area contributed by atoms with E-state index in [0.29, 0.717) is 0 Å². The van der Waals surface area contributed by atoms with Gasteiger partial charge in [0.15, 0.2) is 0 Å². The fraction of sp³-hybridized carbons (Fsp3) is 0.889. The largest absolute Gasteiger partial charge is 0.326 e. The van der Waals surface area contributed by atoms with Crippen molar-refractivity contribution in [3.8, 4) is 0 Å². The fourth-order valence-electron chi connectivity index (χ4n) is 1.04. The zero-order chi connectivity index (χ0) is 7.66. The predicted molar refractivity (Wildman–Crippen MR) is 46.5 cm³/mol. The van der Waals surface area contributed by atoms with Crippen LogP contribution in [0.1, 0.15) is 51.9 Å². The molecule has 1 radical (unpaired) electrons. The summed E-state index contributed by atoms with van der Waals surface area (Å²) in [6, 6.07) is 0. The van der Waals surface area contributed by atoms with Gasteiger partial charge >= 0.3 is 0 Å². The van der Waals surface area contributed by atoms with E-state index >= 15 is 0 Å². The van der Waals surface area contributed by atoms with Crippen LogP contribution in [0.3, 0.4) is 0 Å². The van der Waals surface area contributed by atoms with Gasteiger partial charge in [0.05, 0.1) is 0 Å². The zero-order valence-electron chi connectivity index (χ0n) is 7.10. The molecule has 0 rings (SSSR count). The summed E-state index contributed by atoms with van der Waals surface area (Å²) in [7, 11) is 0. The first-order valence-corrected chi connectivity index (χ1v) is 4.45. The summed E-state index contributed by atoms with van der Waals surface area (Å²) in [6.45, 7) is 4.01. The van der Waals surface area contributed by atoms with Gasteiger partial charge in [-0.15, -0.1) is 0 Å². The first kappa shape index (κ1) is 9.96. The van der Waals surface area contributed by atoms with Crippen LogP contribution >= 0.6 is 0 Å². The van der Waals surface area contributed by atoms with Gasteiger partial charge in [0.2, 0.25) is 0 Å². The zero-order valence-corrected chi connectivity index (χ0v) is 7.10. The van der Waals surface area contributed by atoms with Gasteiger partial charge in [-0.1, -0.05) is 45.4 Å². The Kier molecular flexibility index (Phi) is 8.92. The molecular weight excluding hydrogens is 122 g/mol. The monoisotopic (exact) mass is 142 g/mol. The lowest BCUT2D eigenvalue weighted by atomic mass is 10.1. The Balaban J connectivity index is 2.65. The van der Waals surface area contributed by atoms with Gasteiger partial charge in [-0.2, -0.15) is 0 Å². The van der Waals surface area contributed by atoms with Crippen molar-refractivity contribution in [3.05, 3.63) is 6.54 Å². The van der Waals surface area contributed by atoms with Crippen molar-refractivity contribution in [1.29, 1.82) is 0 Å². The maximum Gasteiger partial charge on any atom is 0.0192 e. The van der Waals surface area contributed by atoms with E-state index in [2.05, 4.69) is 6.92 Å². The van der Waals surface area contributed by atoms with Crippen LogP contribution in [0, 0.1) is 6.54 Å². The van der Waals surface area contributed by atoms with Crippen molar-refractivity contribution in [2.45, 2.75) is 51.9 Å². The molecule has 0 spiro atoms. The number of rotatable bonds is 7. The van der Waals surface area contributed by atoms with Crippen LogP contribution < -0.4 is 5.73 Å². The molecule has 0 unspecified atom stereocenters. The highest BCUT2D eigenvalue weighted by atomic mass is 14.5. The number of hydrogen-bond donors (Lipinski definition) is 1. The van der Waals surface area contributed by atoms with Crippen LogP contribution in [0.25, 0.3) is 0 Å². The lowest BCUT2D eigenvalue weighted by molar-refractivity contribution is 0.604. The van der Waals surface area contributed by atoms with Crippen molar-refractivity contribution in [2.24, 2.45) is 5.73 Å². The van der Waals surface area contributed by atoms with Crippen LogP contribution in [-0.4, -0.2) is 0 Å². The molecule has 0 fully saturated rings. The molecule has 0 heterocycles. The van der Waals surface area contributed by atoms with Gasteiger partial charge in [0, 0.05) is 6.54 Å². The van der Waals surface area contributed by atoms with Gasteiger partial charge in [0.25, 0.3) is 0 Å². The molecule has 0 aliphatic heterocycles. The van der Waals surface area contributed by atoms with Gasteiger partial charge in [-0.3, -0.25) is 0 Å². The Morgan fingerprint density at radius 1 is 1.00 bits per heavy atom. The van der Waals surface area contributed by atoms with Gasteiger partial charge in [0.1, 0.15) is 0 Å². The van der Waals surface area contributed by atoms with Crippen molar-refractivity contribution < 1.29 is 0 Å². The quantitative estimate of drug-likeness (QED) is 0.543. The topological polar surface area (TPSA) is 26.0 Å². The molecule has 2 N–H and O–H groups in total. The molecule has 0 atom stereocenters. The maximum absolute atomic E-state index is 5.24. The molecule has 0 aliphatic rings. The van der Waals surface area contributed by atoms with E-state index in [0.717, 1.165) is 6.42 Å². The van der Waals surface area contributed by atoms with Crippen molar-refractivity contribution >= 4 is 0 Å². The molecule has 1 nitrogen and oxygen atoms in total. The molecule has 10 heavy (non-hydrogen) atoms. The van der Waals surface area contributed by atoms with Crippen LogP contribution in [-0.2, 0) is 0 Å². The SMILES string of the molecule is CCCCCCCC[CH]N. The molecule has 0 aromatic carbocycles. The van der Waals surface area contributed by atoms with Gasteiger partial charge in [-0.05, 0) is 6.42 Å². The number of hydrogen-bond acceptors (Lipinski definition) is 1. The van der Waals surface area contributed by atoms with Gasteiger partial charge < -0.3 is 5.73 Å². The summed E-state index contributed by atoms with van der Waals surface area (Å²) in [5.74, 6) is 0. The van der Waals surface area contributed by atoms with Crippen molar-refractivity contribution in [1.82, 2.24) is 0 Å². The highest BCUT2D eigenvalue weighted by Gasteiger charge is 1.87. The molecule has 0 bridgehead atoms. The highest BCUT2D eigenvalue weighted by Crippen LogP contribution is 2.06. The average molecular weight is 142 g/mol. The summed E-state index contributed by atoms with van der Waals surface area (Å²) >= 11 is 0. The Bertz CT molecular complexity index is 44.7. The molecule has 0 saturated heterocycles. The number of unbranched alkanes of at least 4 members (excludes halogenated alkanes) is 6. The Morgan fingerprint density at radius 2 is 1.60 bits per heavy atom. The third-order valence-electron chi connectivity index (χ3n) is 1.72. The summed E-state index contributed by atoms with van der Waals surface area (Å²) in [4.78, 5) is 0. The standard InChI is InChI=1S/C9H20N/c1-2-3-4-5-6-7-8-9-10/h9H,2-8,10H2,1H3. The summed E-state index contributed by atoms with van der Waals surface area (Å²) in [5.41, 5.74) is 5.24. The van der Waals surface area contributed by atoms with Crippen molar-refractivity contribution in [2.75, 3.05) is 0 Å². The summed E-state index contributed by atoms with van der Waals surface area (Å²) in [5, 5.41) is 0. The molecule has 0 aromatic rings. The average Bonchev–Trinajstić information content (AvgIpc) is 1.97. The minimum atomic E-state index is 1.09. The third-order valence-corrected chi connectivity index (χ3v) is 1.72. The van der Waals surface area contributed by atoms with E-state index in [1.54, 1.807) is 6.54 Å². The minimum absolute atomic E-state index is 1.09. The highest BCUT2D eigenvalue weighted by molar-refractivity contribution is 4.53.